The lowest BCUT2D eigenvalue weighted by atomic mass is 10.1. The van der Waals surface area contributed by atoms with Gasteiger partial charge in [0.15, 0.2) is 0 Å². The van der Waals surface area contributed by atoms with Crippen molar-refractivity contribution in [3.63, 3.8) is 0 Å². The molecule has 0 spiro atoms. The van der Waals surface area contributed by atoms with Gasteiger partial charge < -0.3 is 20.3 Å². The van der Waals surface area contributed by atoms with Gasteiger partial charge in [0.2, 0.25) is 0 Å². The van der Waals surface area contributed by atoms with Crippen LogP contribution in [-0.4, -0.2) is 53.4 Å². The Morgan fingerprint density at radius 2 is 1.81 bits per heavy atom. The van der Waals surface area contributed by atoms with E-state index >= 15 is 0 Å². The number of carbonyl (C=O) groups excluding carboxylic acids is 1. The van der Waals surface area contributed by atoms with Crippen molar-refractivity contribution in [2.24, 2.45) is 5.73 Å². The van der Waals surface area contributed by atoms with E-state index in [1.807, 2.05) is 22.7 Å². The number of halogens is 3. The van der Waals surface area contributed by atoms with Crippen molar-refractivity contribution in [2.75, 3.05) is 38.1 Å². The first kappa shape index (κ1) is 24.6. The molecule has 3 heterocycles. The number of primary amides is 1. The van der Waals surface area contributed by atoms with Crippen molar-refractivity contribution in [3.8, 4) is 17.0 Å². The van der Waals surface area contributed by atoms with Crippen molar-refractivity contribution < 1.29 is 22.7 Å². The van der Waals surface area contributed by atoms with Crippen molar-refractivity contribution in [2.45, 2.75) is 12.8 Å². The summed E-state index contributed by atoms with van der Waals surface area (Å²) >= 11 is 0. The van der Waals surface area contributed by atoms with Crippen molar-refractivity contribution in [3.05, 3.63) is 83.7 Å². The molecule has 1 aliphatic heterocycles. The third kappa shape index (κ3) is 5.10. The van der Waals surface area contributed by atoms with Gasteiger partial charge in [0.25, 0.3) is 5.91 Å². The Labute approximate surface area is 211 Å². The third-order valence-corrected chi connectivity index (χ3v) is 6.61. The summed E-state index contributed by atoms with van der Waals surface area (Å²) in [6.45, 7) is 3.49. The van der Waals surface area contributed by atoms with Gasteiger partial charge in [0.1, 0.15) is 18.0 Å². The largest absolute Gasteiger partial charge is 0.488 e. The van der Waals surface area contributed by atoms with Gasteiger partial charge in [-0.05, 0) is 31.3 Å². The van der Waals surface area contributed by atoms with Gasteiger partial charge in [-0.2, -0.15) is 13.2 Å². The highest BCUT2D eigenvalue weighted by Crippen LogP contribution is 2.34. The number of alkyl halides is 3. The summed E-state index contributed by atoms with van der Waals surface area (Å²) < 4.78 is 47.9. The van der Waals surface area contributed by atoms with Crippen LogP contribution in [-0.2, 0) is 12.8 Å². The van der Waals surface area contributed by atoms with E-state index in [2.05, 4.69) is 21.8 Å². The molecule has 0 aliphatic carbocycles. The number of imidazole rings is 1. The van der Waals surface area contributed by atoms with Crippen LogP contribution in [0.1, 0.15) is 21.5 Å². The number of benzene rings is 2. The van der Waals surface area contributed by atoms with Gasteiger partial charge in [-0.1, -0.05) is 24.3 Å². The molecule has 10 heteroatoms. The number of nitrogens with two attached hydrogens (primary N) is 1. The summed E-state index contributed by atoms with van der Waals surface area (Å²) in [5, 5.41) is 0. The number of anilines is 1. The predicted molar refractivity (Wildman–Crippen MR) is 135 cm³/mol. The van der Waals surface area contributed by atoms with Crippen LogP contribution in [0, 0.1) is 0 Å². The number of carbonyl (C=O) groups is 1. The van der Waals surface area contributed by atoms with E-state index in [9.17, 15) is 18.0 Å². The van der Waals surface area contributed by atoms with Crippen LogP contribution in [0.3, 0.4) is 0 Å². The number of aromatic nitrogens is 2. The number of fused-ring (bicyclic) bond motifs is 1. The molecule has 2 N–H and O–H groups in total. The quantitative estimate of drug-likeness (QED) is 0.416. The number of hydrogen-bond acceptors (Lipinski definition) is 5. The molecule has 0 atom stereocenters. The molecule has 7 nitrogen and oxygen atoms in total. The van der Waals surface area contributed by atoms with E-state index < -0.39 is 17.6 Å². The molecule has 192 valence electrons. The van der Waals surface area contributed by atoms with Gasteiger partial charge in [-0.3, -0.25) is 9.20 Å². The normalized spacial score (nSPS) is 14.8. The minimum atomic E-state index is -4.52. The summed E-state index contributed by atoms with van der Waals surface area (Å²) in [6.07, 6.45) is -0.869. The molecule has 1 fully saturated rings. The standard InChI is InChI=1S/C27H26F3N5O2/c1-33-10-12-34(13-11-33)20-8-9-35-23(16-32-25(35)15-20)18-6-7-21(26(31)36)24(14-18)37-17-19-4-2-3-5-22(19)27(28,29)30/h2-9,14-16H,10-13,17H2,1H3,(H2,31,36). The fourth-order valence-electron chi connectivity index (χ4n) is 4.53. The van der Waals surface area contributed by atoms with Gasteiger partial charge in [0.05, 0.1) is 23.0 Å². The van der Waals surface area contributed by atoms with Gasteiger partial charge >= 0.3 is 6.18 Å². The Morgan fingerprint density at radius 1 is 1.05 bits per heavy atom. The van der Waals surface area contributed by atoms with Gasteiger partial charge in [-0.25, -0.2) is 4.98 Å². The molecular formula is C27H26F3N5O2. The number of rotatable bonds is 6. The van der Waals surface area contributed by atoms with Crippen LogP contribution in [0.4, 0.5) is 18.9 Å². The van der Waals surface area contributed by atoms with E-state index in [0.717, 1.165) is 49.3 Å². The number of amides is 1. The Balaban J connectivity index is 1.44. The zero-order valence-corrected chi connectivity index (χ0v) is 20.2. The van der Waals surface area contributed by atoms with Crippen LogP contribution in [0.5, 0.6) is 5.75 Å². The maximum atomic E-state index is 13.4. The minimum absolute atomic E-state index is 0.0398. The van der Waals surface area contributed by atoms with Crippen LogP contribution < -0.4 is 15.4 Å². The average Bonchev–Trinajstić information content (AvgIpc) is 3.30. The Kier molecular flexibility index (Phi) is 6.51. The first-order valence-electron chi connectivity index (χ1n) is 11.8. The molecule has 5 rings (SSSR count). The molecule has 4 aromatic rings. The molecule has 0 radical (unpaired) electrons. The van der Waals surface area contributed by atoms with Crippen LogP contribution >= 0.6 is 0 Å². The average molecular weight is 510 g/mol. The molecule has 2 aromatic heterocycles. The van der Waals surface area contributed by atoms with Crippen LogP contribution in [0.2, 0.25) is 0 Å². The number of ether oxygens (including phenoxy) is 1. The molecule has 37 heavy (non-hydrogen) atoms. The molecule has 1 saturated heterocycles. The monoisotopic (exact) mass is 509 g/mol. The Hall–Kier alpha value is -4.05. The topological polar surface area (TPSA) is 76.1 Å². The lowest BCUT2D eigenvalue weighted by Gasteiger charge is -2.34. The SMILES string of the molecule is CN1CCN(c2ccn3c(-c4ccc(C(N)=O)c(OCc5ccccc5C(F)(F)F)c4)cnc3c2)CC1. The fourth-order valence-corrected chi connectivity index (χ4v) is 4.53. The van der Waals surface area contributed by atoms with Crippen molar-refractivity contribution in [1.29, 1.82) is 0 Å². The number of hydrogen-bond donors (Lipinski definition) is 1. The summed E-state index contributed by atoms with van der Waals surface area (Å²) in [6, 6.07) is 14.1. The summed E-state index contributed by atoms with van der Waals surface area (Å²) in [4.78, 5) is 21.2. The van der Waals surface area contributed by atoms with E-state index in [-0.39, 0.29) is 23.5 Å². The molecule has 1 aliphatic rings. The molecule has 1 amide bonds. The molecule has 0 bridgehead atoms. The lowest BCUT2D eigenvalue weighted by Crippen LogP contribution is -2.44. The van der Waals surface area contributed by atoms with Gasteiger partial charge in [-0.15, -0.1) is 0 Å². The Morgan fingerprint density at radius 3 is 2.54 bits per heavy atom. The first-order chi connectivity index (χ1) is 17.7. The highest BCUT2D eigenvalue weighted by Gasteiger charge is 2.33. The number of pyridine rings is 1. The number of piperazine rings is 1. The van der Waals surface area contributed by atoms with Crippen LogP contribution in [0.15, 0.2) is 67.0 Å². The maximum Gasteiger partial charge on any atom is 0.416 e. The fraction of sp³-hybridized carbons (Fsp3) is 0.259. The van der Waals surface area contributed by atoms with Gasteiger partial charge in [0, 0.05) is 55.3 Å². The maximum absolute atomic E-state index is 13.4. The van der Waals surface area contributed by atoms with E-state index in [1.165, 1.54) is 24.3 Å². The second-order valence-corrected chi connectivity index (χ2v) is 9.07. The number of likely N-dealkylation sites (N-methyl/N-ethyl adjacent to an activating group) is 1. The zero-order valence-electron chi connectivity index (χ0n) is 20.2. The van der Waals surface area contributed by atoms with Crippen molar-refractivity contribution >= 4 is 17.2 Å². The summed E-state index contributed by atoms with van der Waals surface area (Å²) in [5.41, 5.74) is 8.05. The Bertz CT molecular complexity index is 1440. The predicted octanol–water partition coefficient (Wildman–Crippen LogP) is 4.45. The number of nitrogens with zero attached hydrogens (tertiary/aromatic N) is 4. The van der Waals surface area contributed by atoms with E-state index in [1.54, 1.807) is 18.3 Å². The molecule has 2 aromatic carbocycles. The van der Waals surface area contributed by atoms with Crippen molar-refractivity contribution in [1.82, 2.24) is 14.3 Å². The zero-order chi connectivity index (χ0) is 26.2. The van der Waals surface area contributed by atoms with E-state index in [4.69, 9.17) is 10.5 Å². The summed E-state index contributed by atoms with van der Waals surface area (Å²) in [7, 11) is 2.11. The minimum Gasteiger partial charge on any atom is -0.488 e. The van der Waals surface area contributed by atoms with E-state index in [0.29, 0.717) is 5.56 Å². The molecular weight excluding hydrogens is 483 g/mol. The second-order valence-electron chi connectivity index (χ2n) is 9.07. The van der Waals surface area contributed by atoms with Crippen LogP contribution in [0.25, 0.3) is 16.9 Å². The summed E-state index contributed by atoms with van der Waals surface area (Å²) in [5.74, 6) is -0.633. The molecule has 0 unspecified atom stereocenters. The second kappa shape index (κ2) is 9.78. The smallest absolute Gasteiger partial charge is 0.416 e. The first-order valence-corrected chi connectivity index (χ1v) is 11.8. The highest BCUT2D eigenvalue weighted by molar-refractivity contribution is 5.96. The molecule has 0 saturated carbocycles. The highest BCUT2D eigenvalue weighted by atomic mass is 19.4. The third-order valence-electron chi connectivity index (χ3n) is 6.61. The lowest BCUT2D eigenvalue weighted by molar-refractivity contribution is -0.138.